The third-order valence-corrected chi connectivity index (χ3v) is 8.89. The molecule has 0 bridgehead atoms. The van der Waals surface area contributed by atoms with Crippen LogP contribution in [0.5, 0.6) is 11.5 Å². The third kappa shape index (κ3) is 6.09. The molecule has 206 valence electrons. The first-order valence-corrected chi connectivity index (χ1v) is 15.3. The second kappa shape index (κ2) is 12.6. The molecule has 0 saturated carbocycles. The summed E-state index contributed by atoms with van der Waals surface area (Å²) in [6, 6.07) is 21.6. The average Bonchev–Trinajstić information content (AvgIpc) is 3.26. The molecule has 2 heterocycles. The van der Waals surface area contributed by atoms with Gasteiger partial charge in [-0.25, -0.2) is 4.99 Å². The lowest BCUT2D eigenvalue weighted by molar-refractivity contribution is -0.113. The van der Waals surface area contributed by atoms with Crippen molar-refractivity contribution >= 4 is 74.2 Å². The molecule has 8 nitrogen and oxygen atoms in total. The molecule has 1 N–H and O–H groups in total. The standard InChI is InChI=1S/C30H22I2N4O4S/c1-17-25(28(37)35-20-8-4-3-5-9-20)26(19-7-6-10-21(16-19)39-2)36-29(38)24(41-30(36)34-17)15-18-13-22(31)27(23(32)14-18)40-12-11-33/h3-10,13-16,26H,12H2,1-2H3,(H,35,37)/b24-15-/t26-/m0/s1. The van der Waals surface area contributed by atoms with Crippen LogP contribution in [0.25, 0.3) is 6.08 Å². The van der Waals surface area contributed by atoms with Gasteiger partial charge in [0, 0.05) is 5.69 Å². The molecule has 0 fully saturated rings. The monoisotopic (exact) mass is 788 g/mol. The molecule has 0 radical (unpaired) electrons. The van der Waals surface area contributed by atoms with E-state index in [0.717, 1.165) is 18.3 Å². The van der Waals surface area contributed by atoms with Crippen LogP contribution in [0.1, 0.15) is 24.1 Å². The minimum absolute atomic E-state index is 0.0479. The number of rotatable bonds is 7. The van der Waals surface area contributed by atoms with E-state index in [0.29, 0.717) is 37.8 Å². The van der Waals surface area contributed by atoms with Crippen LogP contribution in [0, 0.1) is 18.5 Å². The van der Waals surface area contributed by atoms with Crippen molar-refractivity contribution in [2.45, 2.75) is 13.0 Å². The number of para-hydroxylation sites is 1. The van der Waals surface area contributed by atoms with Gasteiger partial charge in [-0.05, 0) is 106 Å². The van der Waals surface area contributed by atoms with Crippen molar-refractivity contribution in [2.75, 3.05) is 19.0 Å². The molecule has 4 aromatic rings. The molecule has 11 heteroatoms. The zero-order valence-electron chi connectivity index (χ0n) is 21.9. The van der Waals surface area contributed by atoms with Gasteiger partial charge in [-0.1, -0.05) is 41.7 Å². The number of fused-ring (bicyclic) bond motifs is 1. The average molecular weight is 788 g/mol. The minimum Gasteiger partial charge on any atom is -0.497 e. The third-order valence-electron chi connectivity index (χ3n) is 6.31. The Morgan fingerprint density at radius 3 is 2.56 bits per heavy atom. The second-order valence-corrected chi connectivity index (χ2v) is 12.3. The smallest absolute Gasteiger partial charge is 0.271 e. The van der Waals surface area contributed by atoms with Gasteiger partial charge in [-0.15, -0.1) is 0 Å². The van der Waals surface area contributed by atoms with Gasteiger partial charge in [0.2, 0.25) is 0 Å². The van der Waals surface area contributed by atoms with E-state index in [-0.39, 0.29) is 18.1 Å². The first-order chi connectivity index (χ1) is 19.8. The lowest BCUT2D eigenvalue weighted by atomic mass is 9.95. The summed E-state index contributed by atoms with van der Waals surface area (Å²) < 4.78 is 14.7. The van der Waals surface area contributed by atoms with Gasteiger partial charge < -0.3 is 14.8 Å². The van der Waals surface area contributed by atoms with E-state index in [4.69, 9.17) is 19.7 Å². The van der Waals surface area contributed by atoms with Crippen LogP contribution in [-0.4, -0.2) is 24.2 Å². The van der Waals surface area contributed by atoms with Gasteiger partial charge in [0.25, 0.3) is 11.5 Å². The van der Waals surface area contributed by atoms with Gasteiger partial charge in [0.05, 0.1) is 36.1 Å². The normalized spacial score (nSPS) is 14.6. The van der Waals surface area contributed by atoms with E-state index in [1.165, 1.54) is 11.3 Å². The second-order valence-electron chi connectivity index (χ2n) is 8.94. The minimum atomic E-state index is -0.714. The number of allylic oxidation sites excluding steroid dienone is 1. The van der Waals surface area contributed by atoms with Gasteiger partial charge in [0.1, 0.15) is 17.6 Å². The number of carbonyl (C=O) groups excluding carboxylic acids is 1. The van der Waals surface area contributed by atoms with Crippen LogP contribution >= 0.6 is 56.5 Å². The Balaban J connectivity index is 1.65. The lowest BCUT2D eigenvalue weighted by Gasteiger charge is -2.25. The van der Waals surface area contributed by atoms with Crippen molar-refractivity contribution in [3.8, 4) is 17.6 Å². The summed E-state index contributed by atoms with van der Waals surface area (Å²) in [7, 11) is 1.58. The SMILES string of the molecule is COc1cccc([C@H]2C(C(=O)Nc3ccccc3)=C(C)N=c3s/c(=C\c4cc(I)c(OCC#N)c(I)c4)c(=O)n32)c1. The van der Waals surface area contributed by atoms with E-state index < -0.39 is 6.04 Å². The molecule has 41 heavy (non-hydrogen) atoms. The van der Waals surface area contributed by atoms with E-state index in [2.05, 4.69) is 50.5 Å². The van der Waals surface area contributed by atoms with Crippen LogP contribution in [0.15, 0.2) is 87.8 Å². The zero-order valence-corrected chi connectivity index (χ0v) is 27.0. The first kappa shape index (κ1) is 29.0. The zero-order chi connectivity index (χ0) is 29.1. The molecule has 5 rings (SSSR count). The number of nitrogens with zero attached hydrogens (tertiary/aromatic N) is 3. The Morgan fingerprint density at radius 2 is 1.88 bits per heavy atom. The fraction of sp³-hybridized carbons (Fsp3) is 0.133. The topological polar surface area (TPSA) is 106 Å². The highest BCUT2D eigenvalue weighted by Gasteiger charge is 2.32. The number of nitriles is 1. The molecule has 0 unspecified atom stereocenters. The van der Waals surface area contributed by atoms with Gasteiger partial charge in [-0.2, -0.15) is 5.26 Å². The van der Waals surface area contributed by atoms with Gasteiger partial charge in [0.15, 0.2) is 11.4 Å². The van der Waals surface area contributed by atoms with Crippen molar-refractivity contribution in [1.29, 1.82) is 5.26 Å². The molecule has 3 aromatic carbocycles. The van der Waals surface area contributed by atoms with Crippen LogP contribution < -0.4 is 29.7 Å². The maximum Gasteiger partial charge on any atom is 0.271 e. The largest absolute Gasteiger partial charge is 0.497 e. The van der Waals surface area contributed by atoms with Crippen LogP contribution in [0.4, 0.5) is 5.69 Å². The number of methoxy groups -OCH3 is 1. The van der Waals surface area contributed by atoms with Crippen LogP contribution in [-0.2, 0) is 4.79 Å². The Labute approximate surface area is 266 Å². The van der Waals surface area contributed by atoms with Crippen LogP contribution in [0.3, 0.4) is 0 Å². The molecule has 1 amide bonds. The van der Waals surface area contributed by atoms with E-state index >= 15 is 0 Å². The molecular formula is C30H22I2N4O4S. The summed E-state index contributed by atoms with van der Waals surface area (Å²) >= 11 is 5.58. The molecular weight excluding hydrogens is 766 g/mol. The van der Waals surface area contributed by atoms with Crippen LogP contribution in [0.2, 0.25) is 0 Å². The van der Waals surface area contributed by atoms with Crippen molar-refractivity contribution in [1.82, 2.24) is 4.57 Å². The van der Waals surface area contributed by atoms with E-state index in [9.17, 15) is 9.59 Å². The molecule has 1 aliphatic rings. The van der Waals surface area contributed by atoms with Crippen molar-refractivity contribution in [2.24, 2.45) is 4.99 Å². The predicted molar refractivity (Wildman–Crippen MR) is 175 cm³/mol. The maximum absolute atomic E-state index is 14.0. The Hall–Kier alpha value is -3.48. The number of anilines is 1. The van der Waals surface area contributed by atoms with Crippen molar-refractivity contribution in [3.63, 3.8) is 0 Å². The number of hydrogen-bond donors (Lipinski definition) is 1. The highest BCUT2D eigenvalue weighted by molar-refractivity contribution is 14.1. The fourth-order valence-corrected chi connectivity index (χ4v) is 7.69. The first-order valence-electron chi connectivity index (χ1n) is 12.3. The molecule has 0 aliphatic carbocycles. The number of hydrogen-bond acceptors (Lipinski definition) is 7. The highest BCUT2D eigenvalue weighted by Crippen LogP contribution is 2.33. The number of benzene rings is 3. The fourth-order valence-electron chi connectivity index (χ4n) is 4.52. The van der Waals surface area contributed by atoms with Crippen molar-refractivity contribution in [3.05, 3.63) is 116 Å². The summed E-state index contributed by atoms with van der Waals surface area (Å²) in [5, 5.41) is 11.8. The number of nitrogens with one attached hydrogen (secondary N) is 1. The lowest BCUT2D eigenvalue weighted by Crippen LogP contribution is -2.40. The molecule has 0 spiro atoms. The number of thiazole rings is 1. The summed E-state index contributed by atoms with van der Waals surface area (Å²) in [4.78, 5) is 32.9. The number of halogens is 2. The summed E-state index contributed by atoms with van der Waals surface area (Å²) in [5.74, 6) is 0.913. The van der Waals surface area contributed by atoms with E-state index in [1.54, 1.807) is 18.6 Å². The molecule has 1 aliphatic heterocycles. The Morgan fingerprint density at radius 1 is 1.15 bits per heavy atom. The molecule has 0 saturated heterocycles. The number of aromatic nitrogens is 1. The number of amides is 1. The van der Waals surface area contributed by atoms with Gasteiger partial charge in [-0.3, -0.25) is 14.2 Å². The summed E-state index contributed by atoms with van der Waals surface area (Å²) in [6.45, 7) is 1.74. The Bertz CT molecular complexity index is 1890. The molecule has 1 atom stereocenters. The van der Waals surface area contributed by atoms with Gasteiger partial charge >= 0.3 is 0 Å². The maximum atomic E-state index is 14.0. The summed E-state index contributed by atoms with van der Waals surface area (Å²) in [5.41, 5.74) is 2.84. The number of ether oxygens (including phenoxy) is 2. The quantitative estimate of drug-likeness (QED) is 0.266. The van der Waals surface area contributed by atoms with E-state index in [1.807, 2.05) is 78.9 Å². The summed E-state index contributed by atoms with van der Waals surface area (Å²) in [6.07, 6.45) is 1.81. The predicted octanol–water partition coefficient (Wildman–Crippen LogP) is 4.99. The van der Waals surface area contributed by atoms with Crippen molar-refractivity contribution < 1.29 is 14.3 Å². The number of carbonyl (C=O) groups is 1. The molecule has 1 aromatic heterocycles. The highest BCUT2D eigenvalue weighted by atomic mass is 127. The Kier molecular flexibility index (Phi) is 8.91.